The fourth-order valence-electron chi connectivity index (χ4n) is 0.858. The monoisotopic (exact) mass is 243 g/mol. The maximum absolute atomic E-state index is 10.2. The molecule has 0 saturated heterocycles. The molecule has 1 heterocycles. The Morgan fingerprint density at radius 2 is 2.31 bits per heavy atom. The largest absolute Gasteiger partial charge is 1.00 e. The first-order valence-corrected chi connectivity index (χ1v) is 3.57. The molecule has 0 aliphatic heterocycles. The van der Waals surface area contributed by atoms with Crippen LogP contribution < -0.4 is 21.5 Å². The Hall–Kier alpha value is -1.16. The van der Waals surface area contributed by atoms with E-state index in [9.17, 15) is 4.79 Å². The zero-order chi connectivity index (χ0) is 8.97. The second kappa shape index (κ2) is 5.48. The number of aliphatic carboxylic acids is 1. The van der Waals surface area contributed by atoms with Crippen molar-refractivity contribution < 1.29 is 31.4 Å². The lowest BCUT2D eigenvalue weighted by Crippen LogP contribution is -3.00. The number of aromatic nitrogens is 1. The van der Waals surface area contributed by atoms with Crippen molar-refractivity contribution in [3.63, 3.8) is 0 Å². The van der Waals surface area contributed by atoms with Gasteiger partial charge in [-0.05, 0) is 13.0 Å². The van der Waals surface area contributed by atoms with Crippen LogP contribution in [0.25, 0.3) is 6.20 Å². The van der Waals surface area contributed by atoms with Crippen LogP contribution in [0, 0.1) is 6.92 Å². The van der Waals surface area contributed by atoms with Crippen molar-refractivity contribution in [1.29, 1.82) is 0 Å². The van der Waals surface area contributed by atoms with E-state index in [0.717, 1.165) is 11.6 Å². The molecule has 0 amide bonds. The van der Waals surface area contributed by atoms with E-state index in [0.29, 0.717) is 0 Å². The van der Waals surface area contributed by atoms with Crippen LogP contribution in [0.1, 0.15) is 5.56 Å². The van der Waals surface area contributed by atoms with Crippen LogP contribution in [-0.4, -0.2) is 11.1 Å². The quantitative estimate of drug-likeness (QED) is 0.475. The van der Waals surface area contributed by atoms with E-state index < -0.39 is 5.97 Å². The molecule has 4 heteroatoms. The highest BCUT2D eigenvalue weighted by atomic mass is 79.9. The summed E-state index contributed by atoms with van der Waals surface area (Å²) in [6.07, 6.45) is 6.22. The maximum Gasteiger partial charge on any atom is 0.334 e. The van der Waals surface area contributed by atoms with Crippen molar-refractivity contribution in [1.82, 2.24) is 0 Å². The molecule has 3 nitrogen and oxygen atoms in total. The number of pyridine rings is 1. The van der Waals surface area contributed by atoms with Gasteiger partial charge in [0, 0.05) is 11.6 Å². The predicted molar refractivity (Wildman–Crippen MR) is 44.3 cm³/mol. The summed E-state index contributed by atoms with van der Waals surface area (Å²) in [7, 11) is 0. The van der Waals surface area contributed by atoms with Crippen molar-refractivity contribution >= 4 is 12.2 Å². The van der Waals surface area contributed by atoms with Gasteiger partial charge >= 0.3 is 5.97 Å². The summed E-state index contributed by atoms with van der Waals surface area (Å²) in [4.78, 5) is 10.2. The first kappa shape index (κ1) is 11.8. The number of aryl methyl sites for hydroxylation is 1. The Balaban J connectivity index is 0.00000144. The summed E-state index contributed by atoms with van der Waals surface area (Å²) >= 11 is 0. The van der Waals surface area contributed by atoms with E-state index in [-0.39, 0.29) is 17.0 Å². The highest BCUT2D eigenvalue weighted by molar-refractivity contribution is 5.82. The van der Waals surface area contributed by atoms with E-state index in [1.54, 1.807) is 10.8 Å². The average Bonchev–Trinajstić information content (AvgIpc) is 2.01. The van der Waals surface area contributed by atoms with Crippen LogP contribution >= 0.6 is 0 Å². The third-order valence-electron chi connectivity index (χ3n) is 1.36. The Morgan fingerprint density at radius 3 is 2.85 bits per heavy atom. The molecule has 1 N–H and O–H groups in total. The second-order valence-corrected chi connectivity index (χ2v) is 2.48. The van der Waals surface area contributed by atoms with Crippen LogP contribution in [0.4, 0.5) is 0 Å². The van der Waals surface area contributed by atoms with Gasteiger partial charge in [-0.2, -0.15) is 4.57 Å². The molecular formula is C9H10BrNO2. The fraction of sp³-hybridized carbons (Fsp3) is 0.111. The topological polar surface area (TPSA) is 41.2 Å². The molecule has 1 rings (SSSR count). The molecule has 70 valence electrons. The molecule has 0 fully saturated rings. The number of carboxylic acid groups (broad SMARTS) is 1. The molecule has 0 radical (unpaired) electrons. The minimum Gasteiger partial charge on any atom is -1.00 e. The lowest BCUT2D eigenvalue weighted by molar-refractivity contribution is -0.568. The smallest absolute Gasteiger partial charge is 0.334 e. The van der Waals surface area contributed by atoms with Gasteiger partial charge in [-0.25, -0.2) is 4.79 Å². The van der Waals surface area contributed by atoms with Gasteiger partial charge in [-0.1, -0.05) is 0 Å². The highest BCUT2D eigenvalue weighted by Gasteiger charge is 1.95. The number of hydrogen-bond acceptors (Lipinski definition) is 1. The van der Waals surface area contributed by atoms with Gasteiger partial charge in [0.2, 0.25) is 0 Å². The Labute approximate surface area is 87.1 Å². The molecule has 0 saturated carbocycles. The van der Waals surface area contributed by atoms with Crippen molar-refractivity contribution in [2.75, 3.05) is 0 Å². The molecule has 0 bridgehead atoms. The van der Waals surface area contributed by atoms with Gasteiger partial charge in [-0.3, -0.25) is 0 Å². The van der Waals surface area contributed by atoms with Crippen LogP contribution in [0.2, 0.25) is 0 Å². The summed E-state index contributed by atoms with van der Waals surface area (Å²) in [5.41, 5.74) is 1.09. The normalized spacial score (nSPS) is 9.62. The Bertz CT molecular complexity index is 323. The van der Waals surface area contributed by atoms with Crippen molar-refractivity contribution in [3.05, 3.63) is 36.2 Å². The lowest BCUT2D eigenvalue weighted by Gasteiger charge is -1.87. The Morgan fingerprint density at radius 1 is 1.62 bits per heavy atom. The zero-order valence-electron chi connectivity index (χ0n) is 7.14. The van der Waals surface area contributed by atoms with Gasteiger partial charge in [0.1, 0.15) is 0 Å². The molecule has 0 unspecified atom stereocenters. The number of nitrogens with zero attached hydrogens (tertiary/aromatic N) is 1. The SMILES string of the molecule is Cc1ccc[n+](/C=C/C(=O)O)c1.[Br-]. The third-order valence-corrected chi connectivity index (χ3v) is 1.36. The van der Waals surface area contributed by atoms with Crippen LogP contribution in [0.5, 0.6) is 0 Å². The van der Waals surface area contributed by atoms with Gasteiger partial charge in [-0.15, -0.1) is 0 Å². The van der Waals surface area contributed by atoms with Gasteiger partial charge in [0.15, 0.2) is 18.6 Å². The van der Waals surface area contributed by atoms with Gasteiger partial charge in [0.05, 0.1) is 6.08 Å². The number of hydrogen-bond donors (Lipinski definition) is 1. The molecule has 0 aliphatic rings. The molecule has 1 aromatic heterocycles. The van der Waals surface area contributed by atoms with Gasteiger partial charge in [0.25, 0.3) is 0 Å². The lowest BCUT2D eigenvalue weighted by atomic mass is 10.3. The van der Waals surface area contributed by atoms with E-state index in [1.807, 2.05) is 25.3 Å². The van der Waals surface area contributed by atoms with Crippen LogP contribution in [0.15, 0.2) is 30.6 Å². The zero-order valence-corrected chi connectivity index (χ0v) is 8.73. The van der Waals surface area contributed by atoms with E-state index in [1.165, 1.54) is 6.20 Å². The summed E-state index contributed by atoms with van der Waals surface area (Å²) in [5.74, 6) is -0.941. The summed E-state index contributed by atoms with van der Waals surface area (Å²) in [6, 6.07) is 3.81. The van der Waals surface area contributed by atoms with Crippen molar-refractivity contribution in [2.24, 2.45) is 0 Å². The number of carbonyl (C=O) groups is 1. The van der Waals surface area contributed by atoms with Crippen molar-refractivity contribution in [2.45, 2.75) is 6.92 Å². The number of rotatable bonds is 2. The summed E-state index contributed by atoms with van der Waals surface area (Å²) in [5, 5.41) is 8.34. The Kier molecular flexibility index (Phi) is 4.99. The number of halogens is 1. The molecular weight excluding hydrogens is 234 g/mol. The molecule has 0 aromatic carbocycles. The molecule has 1 aromatic rings. The highest BCUT2D eigenvalue weighted by Crippen LogP contribution is 1.89. The van der Waals surface area contributed by atoms with Crippen LogP contribution in [-0.2, 0) is 4.79 Å². The van der Waals surface area contributed by atoms with E-state index in [2.05, 4.69) is 0 Å². The molecule has 0 spiro atoms. The minimum absolute atomic E-state index is 0. The average molecular weight is 244 g/mol. The maximum atomic E-state index is 10.2. The predicted octanol–water partition coefficient (Wildman–Crippen LogP) is -2.16. The molecule has 0 atom stereocenters. The summed E-state index contributed by atoms with van der Waals surface area (Å²) in [6.45, 7) is 1.95. The second-order valence-electron chi connectivity index (χ2n) is 2.48. The number of carboxylic acids is 1. The third kappa shape index (κ3) is 4.42. The minimum atomic E-state index is -0.941. The molecule has 13 heavy (non-hydrogen) atoms. The van der Waals surface area contributed by atoms with E-state index >= 15 is 0 Å². The molecule has 0 aliphatic carbocycles. The summed E-state index contributed by atoms with van der Waals surface area (Å²) < 4.78 is 1.70. The van der Waals surface area contributed by atoms with Gasteiger partial charge < -0.3 is 22.1 Å². The van der Waals surface area contributed by atoms with Crippen LogP contribution in [0.3, 0.4) is 0 Å². The first-order chi connectivity index (χ1) is 5.68. The van der Waals surface area contributed by atoms with E-state index in [4.69, 9.17) is 5.11 Å². The fourth-order valence-corrected chi connectivity index (χ4v) is 0.858. The standard InChI is InChI=1S/C9H9NO2.BrH/c1-8-3-2-5-10(7-8)6-4-9(11)12;/h2-7H,1H3;1H/b6-4+;. The first-order valence-electron chi connectivity index (χ1n) is 3.57. The van der Waals surface area contributed by atoms with Crippen molar-refractivity contribution in [3.8, 4) is 0 Å².